The summed E-state index contributed by atoms with van der Waals surface area (Å²) in [4.78, 5) is 22.6. The highest BCUT2D eigenvalue weighted by Crippen LogP contribution is 2.27. The van der Waals surface area contributed by atoms with Crippen LogP contribution in [0.4, 0.5) is 0 Å². The van der Waals surface area contributed by atoms with Crippen molar-refractivity contribution in [1.82, 2.24) is 16.0 Å². The molecule has 2 amide bonds. The quantitative estimate of drug-likeness (QED) is 0.242. The number of aliphatic hydroxyl groups is 1. The maximum Gasteiger partial charge on any atom is 0.255 e. The molecule has 0 saturated heterocycles. The fourth-order valence-electron chi connectivity index (χ4n) is 2.01. The molecule has 24 heavy (non-hydrogen) atoms. The number of phenolic OH excluding ortho intramolecular Hbond substituents is 2. The number of rotatable bonds is 11. The van der Waals surface area contributed by atoms with Gasteiger partial charge in [-0.3, -0.25) is 9.59 Å². The predicted octanol–water partition coefficient (Wildman–Crippen LogP) is -0.304. The number of nitrogens with one attached hydrogen (secondary N) is 3. The summed E-state index contributed by atoms with van der Waals surface area (Å²) in [6, 6.07) is 4.25. The summed E-state index contributed by atoms with van der Waals surface area (Å²) < 4.78 is 0. The molecule has 0 fully saturated rings. The molecule has 1 aromatic rings. The van der Waals surface area contributed by atoms with Crippen molar-refractivity contribution >= 4 is 11.8 Å². The Balaban J connectivity index is 2.03. The van der Waals surface area contributed by atoms with Gasteiger partial charge < -0.3 is 31.3 Å². The van der Waals surface area contributed by atoms with Crippen LogP contribution >= 0.6 is 0 Å². The first-order valence-corrected chi connectivity index (χ1v) is 7.93. The number of carbonyl (C=O) groups excluding carboxylic acids is 2. The number of aliphatic hydroxyl groups excluding tert-OH is 1. The van der Waals surface area contributed by atoms with E-state index < -0.39 is 18.3 Å². The van der Waals surface area contributed by atoms with Crippen LogP contribution in [0.2, 0.25) is 0 Å². The molecule has 0 heterocycles. The number of amides is 2. The lowest BCUT2D eigenvalue weighted by molar-refractivity contribution is -0.123. The maximum atomic E-state index is 11.8. The van der Waals surface area contributed by atoms with Gasteiger partial charge >= 0.3 is 0 Å². The molecule has 8 heteroatoms. The highest BCUT2D eigenvalue weighted by atomic mass is 16.3. The molecule has 0 atom stereocenters. The zero-order valence-electron chi connectivity index (χ0n) is 13.5. The predicted molar refractivity (Wildman–Crippen MR) is 88.9 cm³/mol. The van der Waals surface area contributed by atoms with E-state index in [2.05, 4.69) is 16.0 Å². The number of hydrogen-bond acceptors (Lipinski definition) is 6. The summed E-state index contributed by atoms with van der Waals surface area (Å²) in [7, 11) is 0. The van der Waals surface area contributed by atoms with Gasteiger partial charge in [0.15, 0.2) is 11.5 Å². The van der Waals surface area contributed by atoms with Crippen LogP contribution in [0.25, 0.3) is 0 Å². The standard InChI is InChI=1S/C16H25N3O5/c20-11-14(22)18-9-2-1-7-17-8-4-10-19-16(24)12-5-3-6-13(21)15(12)23/h3,5-6,17,20-21,23H,1-2,4,7-11H2,(H,18,22)(H,19,24). The average Bonchev–Trinajstić information content (AvgIpc) is 2.58. The number of hydrogen-bond donors (Lipinski definition) is 6. The topological polar surface area (TPSA) is 131 Å². The van der Waals surface area contributed by atoms with Gasteiger partial charge in [-0.15, -0.1) is 0 Å². The zero-order valence-corrected chi connectivity index (χ0v) is 13.5. The Kier molecular flexibility index (Phi) is 9.25. The van der Waals surface area contributed by atoms with Gasteiger partial charge in [0.1, 0.15) is 6.61 Å². The largest absolute Gasteiger partial charge is 0.504 e. The molecule has 0 aliphatic heterocycles. The monoisotopic (exact) mass is 339 g/mol. The Morgan fingerprint density at radius 3 is 2.33 bits per heavy atom. The summed E-state index contributed by atoms with van der Waals surface area (Å²) in [5.74, 6) is -1.53. The minimum absolute atomic E-state index is 0.0490. The first-order chi connectivity index (χ1) is 11.6. The van der Waals surface area contributed by atoms with E-state index in [0.717, 1.165) is 32.4 Å². The van der Waals surface area contributed by atoms with Crippen molar-refractivity contribution in [3.05, 3.63) is 23.8 Å². The third kappa shape index (κ3) is 7.30. The Labute approximate surface area is 140 Å². The van der Waals surface area contributed by atoms with Gasteiger partial charge in [0.2, 0.25) is 5.91 Å². The van der Waals surface area contributed by atoms with Gasteiger partial charge in [0.25, 0.3) is 5.91 Å². The summed E-state index contributed by atoms with van der Waals surface area (Å²) in [5, 5.41) is 35.9. The van der Waals surface area contributed by atoms with E-state index in [1.165, 1.54) is 18.2 Å². The number of phenols is 2. The Morgan fingerprint density at radius 1 is 0.917 bits per heavy atom. The highest BCUT2D eigenvalue weighted by molar-refractivity contribution is 5.97. The number of carbonyl (C=O) groups is 2. The van der Waals surface area contributed by atoms with E-state index >= 15 is 0 Å². The van der Waals surface area contributed by atoms with Crippen LogP contribution in [0, 0.1) is 0 Å². The highest BCUT2D eigenvalue weighted by Gasteiger charge is 2.12. The van der Waals surface area contributed by atoms with E-state index in [-0.39, 0.29) is 17.2 Å². The number of aromatic hydroxyl groups is 2. The van der Waals surface area contributed by atoms with E-state index in [1.807, 2.05) is 0 Å². The third-order valence-electron chi connectivity index (χ3n) is 3.32. The fraction of sp³-hybridized carbons (Fsp3) is 0.500. The van der Waals surface area contributed by atoms with Crippen molar-refractivity contribution in [2.24, 2.45) is 0 Å². The average molecular weight is 339 g/mol. The smallest absolute Gasteiger partial charge is 0.255 e. The van der Waals surface area contributed by atoms with Crippen LogP contribution in [0.3, 0.4) is 0 Å². The molecule has 0 radical (unpaired) electrons. The van der Waals surface area contributed by atoms with Gasteiger partial charge in [-0.05, 0) is 44.5 Å². The van der Waals surface area contributed by atoms with Gasteiger partial charge in [0.05, 0.1) is 5.56 Å². The van der Waals surface area contributed by atoms with Crippen LogP contribution in [0.1, 0.15) is 29.6 Å². The van der Waals surface area contributed by atoms with Crippen LogP contribution in [-0.2, 0) is 4.79 Å². The molecule has 0 bridgehead atoms. The molecule has 0 aromatic heterocycles. The van der Waals surface area contributed by atoms with Crippen molar-refractivity contribution in [3.8, 4) is 11.5 Å². The van der Waals surface area contributed by atoms with Gasteiger partial charge in [-0.25, -0.2) is 0 Å². The van der Waals surface area contributed by atoms with E-state index in [1.54, 1.807) is 0 Å². The Bertz CT molecular complexity index is 536. The molecule has 0 aliphatic rings. The molecule has 0 saturated carbocycles. The molecule has 1 aromatic carbocycles. The second-order valence-electron chi connectivity index (χ2n) is 5.25. The van der Waals surface area contributed by atoms with E-state index in [0.29, 0.717) is 13.1 Å². The lowest BCUT2D eigenvalue weighted by atomic mass is 10.1. The van der Waals surface area contributed by atoms with Crippen molar-refractivity contribution in [2.75, 3.05) is 32.8 Å². The Hall–Kier alpha value is -2.32. The molecular weight excluding hydrogens is 314 g/mol. The molecule has 1 rings (SSSR count). The summed E-state index contributed by atoms with van der Waals surface area (Å²) >= 11 is 0. The molecule has 0 spiro atoms. The summed E-state index contributed by atoms with van der Waals surface area (Å²) in [6.07, 6.45) is 2.45. The van der Waals surface area contributed by atoms with Crippen LogP contribution in [0.15, 0.2) is 18.2 Å². The van der Waals surface area contributed by atoms with Crippen molar-refractivity contribution in [3.63, 3.8) is 0 Å². The summed E-state index contributed by atoms with van der Waals surface area (Å²) in [6.45, 7) is 2.05. The van der Waals surface area contributed by atoms with Gasteiger partial charge in [0, 0.05) is 13.1 Å². The molecular formula is C16H25N3O5. The fourth-order valence-corrected chi connectivity index (χ4v) is 2.01. The molecule has 0 unspecified atom stereocenters. The summed E-state index contributed by atoms with van der Waals surface area (Å²) in [5.41, 5.74) is 0.0490. The van der Waals surface area contributed by atoms with Crippen molar-refractivity contribution < 1.29 is 24.9 Å². The lowest BCUT2D eigenvalue weighted by Gasteiger charge is -2.08. The third-order valence-corrected chi connectivity index (χ3v) is 3.32. The second kappa shape index (κ2) is 11.3. The van der Waals surface area contributed by atoms with E-state index in [9.17, 15) is 19.8 Å². The van der Waals surface area contributed by atoms with Crippen LogP contribution < -0.4 is 16.0 Å². The lowest BCUT2D eigenvalue weighted by Crippen LogP contribution is -2.29. The number of unbranched alkanes of at least 4 members (excludes halogenated alkanes) is 1. The SMILES string of the molecule is O=C(CO)NCCCCNCCCNC(=O)c1cccc(O)c1O. The maximum absolute atomic E-state index is 11.8. The van der Waals surface area contributed by atoms with Crippen molar-refractivity contribution in [1.29, 1.82) is 0 Å². The van der Waals surface area contributed by atoms with Crippen molar-refractivity contribution in [2.45, 2.75) is 19.3 Å². The molecule has 8 nitrogen and oxygen atoms in total. The van der Waals surface area contributed by atoms with E-state index in [4.69, 9.17) is 5.11 Å². The number of para-hydroxylation sites is 1. The Morgan fingerprint density at radius 2 is 1.58 bits per heavy atom. The first kappa shape index (κ1) is 19.7. The molecule has 6 N–H and O–H groups in total. The minimum atomic E-state index is -0.482. The van der Waals surface area contributed by atoms with Gasteiger partial charge in [-0.1, -0.05) is 6.07 Å². The normalized spacial score (nSPS) is 10.4. The van der Waals surface area contributed by atoms with Gasteiger partial charge in [-0.2, -0.15) is 0 Å². The van der Waals surface area contributed by atoms with Crippen LogP contribution in [-0.4, -0.2) is 59.9 Å². The first-order valence-electron chi connectivity index (χ1n) is 7.93. The second-order valence-corrected chi connectivity index (χ2v) is 5.25. The zero-order chi connectivity index (χ0) is 17.8. The molecule has 0 aliphatic carbocycles. The van der Waals surface area contributed by atoms with Crippen LogP contribution in [0.5, 0.6) is 11.5 Å². The number of benzene rings is 1. The minimum Gasteiger partial charge on any atom is -0.504 e. The molecule has 134 valence electrons.